The molecule has 1 aliphatic heterocycles. The van der Waals surface area contributed by atoms with Gasteiger partial charge in [-0.2, -0.15) is 4.57 Å². The predicted molar refractivity (Wildman–Crippen MR) is 93.9 cm³/mol. The van der Waals surface area contributed by atoms with E-state index in [2.05, 4.69) is 54.1 Å². The maximum atomic E-state index is 9.90. The Hall–Kier alpha value is -2.23. The smallest absolute Gasteiger partial charge is 0.214 e. The third kappa shape index (κ3) is 1.95. The van der Waals surface area contributed by atoms with Crippen LogP contribution in [0.1, 0.15) is 0 Å². The van der Waals surface area contributed by atoms with Gasteiger partial charge < -0.3 is 17.5 Å². The van der Waals surface area contributed by atoms with Crippen LogP contribution in [0.2, 0.25) is 0 Å². The number of aromatic nitrogens is 1. The highest BCUT2D eigenvalue weighted by molar-refractivity contribution is 8.00. The molecule has 2 heterocycles. The molecule has 0 amide bonds. The molecule has 0 fully saturated rings. The normalized spacial score (nSPS) is 12.0. The Bertz CT molecular complexity index is 1120. The molecule has 4 heteroatoms. The number of hydrogen-bond donors (Lipinski definition) is 1. The predicted octanol–water partition coefficient (Wildman–Crippen LogP) is 1.66. The van der Waals surface area contributed by atoms with Gasteiger partial charge in [0.2, 0.25) is 11.0 Å². The van der Waals surface area contributed by atoms with Gasteiger partial charge in [-0.3, -0.25) is 0 Å². The minimum atomic E-state index is 0. The average Bonchev–Trinajstić information content (AvgIpc) is 2.59. The van der Waals surface area contributed by atoms with Crippen molar-refractivity contribution in [2.45, 2.75) is 9.79 Å². The van der Waals surface area contributed by atoms with E-state index in [-0.39, 0.29) is 12.4 Å². The SMILES string of the molecule is C[n+]1c2ccccc2c2c3c(cccc31)-c1cc(O)ccc1S2.[Cl-]. The first-order chi connectivity index (χ1) is 11.2. The summed E-state index contributed by atoms with van der Waals surface area (Å²) >= 11 is 1.80. The van der Waals surface area contributed by atoms with E-state index in [0.717, 1.165) is 5.56 Å². The summed E-state index contributed by atoms with van der Waals surface area (Å²) in [6.07, 6.45) is 0. The summed E-state index contributed by atoms with van der Waals surface area (Å²) in [4.78, 5) is 2.50. The number of fused-ring (bicyclic) bond motifs is 4. The summed E-state index contributed by atoms with van der Waals surface area (Å²) in [5.74, 6) is 0.315. The lowest BCUT2D eigenvalue weighted by atomic mass is 9.98. The summed E-state index contributed by atoms with van der Waals surface area (Å²) in [5, 5.41) is 12.5. The van der Waals surface area contributed by atoms with Crippen LogP contribution >= 0.6 is 11.8 Å². The topological polar surface area (TPSA) is 24.1 Å². The van der Waals surface area contributed by atoms with E-state index in [1.54, 1.807) is 17.8 Å². The van der Waals surface area contributed by atoms with E-state index >= 15 is 0 Å². The molecule has 0 bridgehead atoms. The molecule has 1 aromatic heterocycles. The van der Waals surface area contributed by atoms with Crippen LogP contribution in [-0.4, -0.2) is 5.11 Å². The van der Waals surface area contributed by atoms with Gasteiger partial charge >= 0.3 is 0 Å². The van der Waals surface area contributed by atoms with Crippen LogP contribution in [0.5, 0.6) is 5.75 Å². The second kappa shape index (κ2) is 5.40. The second-order valence-electron chi connectivity index (χ2n) is 5.89. The first-order valence-electron chi connectivity index (χ1n) is 7.59. The molecule has 24 heavy (non-hydrogen) atoms. The first kappa shape index (κ1) is 15.3. The van der Waals surface area contributed by atoms with Crippen LogP contribution in [0.4, 0.5) is 0 Å². The Kier molecular flexibility index (Phi) is 3.44. The van der Waals surface area contributed by atoms with Gasteiger partial charge in [0.15, 0.2) is 0 Å². The van der Waals surface area contributed by atoms with Gasteiger partial charge in [-0.05, 0) is 29.8 Å². The fraction of sp³-hybridized carbons (Fsp3) is 0.0500. The van der Waals surface area contributed by atoms with Crippen molar-refractivity contribution < 1.29 is 22.1 Å². The summed E-state index contributed by atoms with van der Waals surface area (Å²) in [7, 11) is 2.12. The maximum absolute atomic E-state index is 9.90. The van der Waals surface area contributed by atoms with E-state index in [4.69, 9.17) is 0 Å². The van der Waals surface area contributed by atoms with Crippen LogP contribution in [0.25, 0.3) is 32.9 Å². The van der Waals surface area contributed by atoms with E-state index in [1.807, 2.05) is 12.1 Å². The van der Waals surface area contributed by atoms with Crippen molar-refractivity contribution in [1.29, 1.82) is 0 Å². The lowest BCUT2D eigenvalue weighted by molar-refractivity contribution is -0.617. The van der Waals surface area contributed by atoms with Crippen LogP contribution in [0.15, 0.2) is 70.5 Å². The molecule has 1 N–H and O–H groups in total. The fourth-order valence-corrected chi connectivity index (χ4v) is 4.77. The van der Waals surface area contributed by atoms with Crippen molar-refractivity contribution in [3.8, 4) is 16.9 Å². The zero-order chi connectivity index (χ0) is 15.6. The molecule has 118 valence electrons. The first-order valence-corrected chi connectivity index (χ1v) is 8.40. The Morgan fingerprint density at radius 3 is 2.54 bits per heavy atom. The number of aromatic hydroxyl groups is 1. The zero-order valence-electron chi connectivity index (χ0n) is 13.0. The van der Waals surface area contributed by atoms with Crippen molar-refractivity contribution in [2.24, 2.45) is 7.05 Å². The highest BCUT2D eigenvalue weighted by atomic mass is 35.5. The van der Waals surface area contributed by atoms with Gasteiger partial charge in [-0.15, -0.1) is 0 Å². The maximum Gasteiger partial charge on any atom is 0.214 e. The average molecular weight is 352 g/mol. The quantitative estimate of drug-likeness (QED) is 0.339. The Labute approximate surface area is 150 Å². The molecule has 0 saturated heterocycles. The molecular formula is C20H14ClNOS. The number of nitrogens with zero attached hydrogens (tertiary/aromatic N) is 1. The number of para-hydroxylation sites is 1. The number of hydrogen-bond acceptors (Lipinski definition) is 2. The highest BCUT2D eigenvalue weighted by Crippen LogP contribution is 2.50. The molecule has 0 spiro atoms. The van der Waals surface area contributed by atoms with Gasteiger partial charge in [0.25, 0.3) is 0 Å². The number of aryl methyl sites for hydroxylation is 1. The van der Waals surface area contributed by atoms with E-state index < -0.39 is 0 Å². The van der Waals surface area contributed by atoms with E-state index in [1.165, 1.54) is 37.2 Å². The molecule has 3 aromatic carbocycles. The number of halogens is 1. The Morgan fingerprint density at radius 2 is 1.67 bits per heavy atom. The summed E-state index contributed by atoms with van der Waals surface area (Å²) in [6.45, 7) is 0. The third-order valence-corrected chi connectivity index (χ3v) is 5.81. The molecule has 0 atom stereocenters. The zero-order valence-corrected chi connectivity index (χ0v) is 14.5. The van der Waals surface area contributed by atoms with E-state index in [9.17, 15) is 5.11 Å². The van der Waals surface area contributed by atoms with Gasteiger partial charge in [0.05, 0.1) is 10.8 Å². The fourth-order valence-electron chi connectivity index (χ4n) is 3.54. The molecule has 0 aliphatic carbocycles. The summed E-state index contributed by atoms with van der Waals surface area (Å²) in [6, 6.07) is 20.6. The van der Waals surface area contributed by atoms with Crippen molar-refractivity contribution >= 4 is 33.6 Å². The molecule has 2 nitrogen and oxygen atoms in total. The third-order valence-electron chi connectivity index (χ3n) is 4.61. The van der Waals surface area contributed by atoms with Crippen molar-refractivity contribution in [1.82, 2.24) is 0 Å². The molecule has 0 radical (unpaired) electrons. The largest absolute Gasteiger partial charge is 1.00 e. The van der Waals surface area contributed by atoms with Crippen LogP contribution < -0.4 is 17.0 Å². The van der Waals surface area contributed by atoms with Gasteiger partial charge in [-0.25, -0.2) is 0 Å². The number of benzene rings is 3. The molecule has 1 aliphatic rings. The number of phenols is 1. The lowest BCUT2D eigenvalue weighted by Gasteiger charge is -2.20. The monoisotopic (exact) mass is 351 g/mol. The summed E-state index contributed by atoms with van der Waals surface area (Å²) < 4.78 is 2.26. The number of pyridine rings is 1. The molecule has 4 aromatic rings. The van der Waals surface area contributed by atoms with Crippen molar-refractivity contribution in [2.75, 3.05) is 0 Å². The minimum absolute atomic E-state index is 0. The van der Waals surface area contributed by atoms with Crippen molar-refractivity contribution in [3.05, 3.63) is 60.7 Å². The Morgan fingerprint density at radius 1 is 0.875 bits per heavy atom. The highest BCUT2D eigenvalue weighted by Gasteiger charge is 2.26. The van der Waals surface area contributed by atoms with Gasteiger partial charge in [-0.1, -0.05) is 36.0 Å². The minimum Gasteiger partial charge on any atom is -1.00 e. The van der Waals surface area contributed by atoms with Crippen LogP contribution in [-0.2, 0) is 7.05 Å². The standard InChI is InChI=1S/C20H13NOS.ClH/c1-21-16-7-3-2-5-14(16)20-19-13(6-4-8-17(19)21)15-11-12(22)9-10-18(15)23-20;/h2-11H,1H3;1H. The molecule has 0 saturated carbocycles. The molecule has 5 rings (SSSR count). The van der Waals surface area contributed by atoms with Crippen LogP contribution in [0, 0.1) is 0 Å². The lowest BCUT2D eigenvalue weighted by Crippen LogP contribution is -3.00. The molecular weight excluding hydrogens is 338 g/mol. The van der Waals surface area contributed by atoms with Crippen molar-refractivity contribution in [3.63, 3.8) is 0 Å². The number of phenolic OH excluding ortho intramolecular Hbond substituents is 1. The van der Waals surface area contributed by atoms with E-state index in [0.29, 0.717) is 5.75 Å². The summed E-state index contributed by atoms with van der Waals surface area (Å²) in [5.41, 5.74) is 4.77. The second-order valence-corrected chi connectivity index (χ2v) is 6.94. The van der Waals surface area contributed by atoms with Gasteiger partial charge in [0.1, 0.15) is 12.8 Å². The Balaban J connectivity index is 0.00000146. The molecule has 0 unspecified atom stereocenters. The van der Waals surface area contributed by atoms with Gasteiger partial charge in [0, 0.05) is 27.5 Å². The van der Waals surface area contributed by atoms with Crippen LogP contribution in [0.3, 0.4) is 0 Å². The number of rotatable bonds is 0.